The highest BCUT2D eigenvalue weighted by Crippen LogP contribution is 2.10. The molecule has 0 aromatic rings. The van der Waals surface area contributed by atoms with E-state index >= 15 is 0 Å². The Morgan fingerprint density at radius 1 is 1.20 bits per heavy atom. The average molecular weight is 211 g/mol. The van der Waals surface area contributed by atoms with Crippen molar-refractivity contribution in [2.75, 3.05) is 19.6 Å². The molecule has 0 bridgehead atoms. The second kappa shape index (κ2) is 6.70. The molecule has 0 saturated carbocycles. The van der Waals surface area contributed by atoms with Crippen LogP contribution in [0.1, 0.15) is 46.0 Å². The van der Waals surface area contributed by atoms with E-state index in [1.807, 2.05) is 0 Å². The van der Waals surface area contributed by atoms with Crippen LogP contribution >= 0.6 is 0 Å². The maximum Gasteiger partial charge on any atom is 0.191 e. The molecule has 1 aliphatic heterocycles. The Balaban J connectivity index is 2.36. The number of nitrogens with two attached hydrogens (primary N) is 1. The van der Waals surface area contributed by atoms with E-state index in [4.69, 9.17) is 5.73 Å². The first-order valence-electron chi connectivity index (χ1n) is 6.32. The van der Waals surface area contributed by atoms with Gasteiger partial charge in [-0.15, -0.1) is 0 Å². The zero-order valence-corrected chi connectivity index (χ0v) is 10.2. The van der Waals surface area contributed by atoms with Crippen molar-refractivity contribution >= 4 is 5.96 Å². The fourth-order valence-electron chi connectivity index (χ4n) is 1.99. The van der Waals surface area contributed by atoms with Crippen LogP contribution in [0, 0.1) is 5.92 Å². The summed E-state index contributed by atoms with van der Waals surface area (Å²) in [5, 5.41) is 0. The molecule has 0 spiro atoms. The van der Waals surface area contributed by atoms with E-state index in [1.165, 1.54) is 32.1 Å². The minimum absolute atomic E-state index is 0.702. The van der Waals surface area contributed by atoms with Crippen LogP contribution in [0.25, 0.3) is 0 Å². The molecule has 0 unspecified atom stereocenters. The smallest absolute Gasteiger partial charge is 0.191 e. The second-order valence-corrected chi connectivity index (χ2v) is 4.43. The summed E-state index contributed by atoms with van der Waals surface area (Å²) in [5.74, 6) is 1.47. The third-order valence-corrected chi connectivity index (χ3v) is 3.35. The molecule has 3 nitrogen and oxygen atoms in total. The molecular weight excluding hydrogens is 186 g/mol. The van der Waals surface area contributed by atoms with Gasteiger partial charge in [0.1, 0.15) is 0 Å². The minimum atomic E-state index is 0.702. The molecule has 1 aliphatic rings. The highest BCUT2D eigenvalue weighted by atomic mass is 15.2. The van der Waals surface area contributed by atoms with Crippen LogP contribution in [0.15, 0.2) is 4.99 Å². The van der Waals surface area contributed by atoms with Crippen LogP contribution in [0.2, 0.25) is 0 Å². The van der Waals surface area contributed by atoms with Crippen molar-refractivity contribution in [3.05, 3.63) is 0 Å². The molecule has 1 heterocycles. The molecule has 15 heavy (non-hydrogen) atoms. The largest absolute Gasteiger partial charge is 0.370 e. The zero-order valence-electron chi connectivity index (χ0n) is 10.2. The van der Waals surface area contributed by atoms with Gasteiger partial charge in [-0.25, -0.2) is 0 Å². The topological polar surface area (TPSA) is 41.6 Å². The number of hydrogen-bond acceptors (Lipinski definition) is 1. The minimum Gasteiger partial charge on any atom is -0.370 e. The first-order valence-corrected chi connectivity index (χ1v) is 6.32. The van der Waals surface area contributed by atoms with Gasteiger partial charge in [-0.3, -0.25) is 4.99 Å². The molecule has 0 aliphatic carbocycles. The molecule has 1 saturated heterocycles. The van der Waals surface area contributed by atoms with E-state index in [9.17, 15) is 0 Å². The van der Waals surface area contributed by atoms with Gasteiger partial charge in [0.25, 0.3) is 0 Å². The molecule has 0 aromatic heterocycles. The van der Waals surface area contributed by atoms with E-state index in [0.29, 0.717) is 5.92 Å². The van der Waals surface area contributed by atoms with E-state index in [1.54, 1.807) is 0 Å². The fraction of sp³-hybridized carbons (Fsp3) is 0.917. The first kappa shape index (κ1) is 12.3. The second-order valence-electron chi connectivity index (χ2n) is 4.43. The van der Waals surface area contributed by atoms with Crippen LogP contribution < -0.4 is 5.73 Å². The zero-order chi connectivity index (χ0) is 11.1. The Bertz CT molecular complexity index is 191. The van der Waals surface area contributed by atoms with Crippen molar-refractivity contribution in [2.45, 2.75) is 46.0 Å². The summed E-state index contributed by atoms with van der Waals surface area (Å²) in [6.07, 6.45) is 6.28. The standard InChI is InChI=1S/C12H25N3/c1-3-11(4-2)10-14-12(13)15-8-6-5-7-9-15/h11H,3-10H2,1-2H3,(H2,13,14). The Kier molecular flexibility index (Phi) is 5.51. The summed E-state index contributed by atoms with van der Waals surface area (Å²) < 4.78 is 0. The normalized spacial score (nSPS) is 18.6. The summed E-state index contributed by atoms with van der Waals surface area (Å²) in [4.78, 5) is 6.74. The summed E-state index contributed by atoms with van der Waals surface area (Å²) in [6.45, 7) is 7.54. The van der Waals surface area contributed by atoms with Crippen LogP contribution in [-0.4, -0.2) is 30.5 Å². The van der Waals surface area contributed by atoms with Crippen molar-refractivity contribution in [3.8, 4) is 0 Å². The van der Waals surface area contributed by atoms with Crippen LogP contribution in [0.4, 0.5) is 0 Å². The third-order valence-electron chi connectivity index (χ3n) is 3.35. The van der Waals surface area contributed by atoms with Gasteiger partial charge in [0.2, 0.25) is 0 Å². The van der Waals surface area contributed by atoms with Gasteiger partial charge in [0.05, 0.1) is 0 Å². The lowest BCUT2D eigenvalue weighted by Gasteiger charge is -2.27. The van der Waals surface area contributed by atoms with Crippen LogP contribution in [0.3, 0.4) is 0 Å². The Labute approximate surface area is 93.7 Å². The van der Waals surface area contributed by atoms with E-state index in [0.717, 1.165) is 25.6 Å². The molecule has 0 amide bonds. The lowest BCUT2D eigenvalue weighted by molar-refractivity contribution is 0.337. The Morgan fingerprint density at radius 2 is 1.80 bits per heavy atom. The first-order chi connectivity index (χ1) is 7.27. The molecule has 2 N–H and O–H groups in total. The van der Waals surface area contributed by atoms with Crippen molar-refractivity contribution in [2.24, 2.45) is 16.6 Å². The SMILES string of the molecule is CCC(CC)CN=C(N)N1CCCCC1. The molecule has 0 atom stereocenters. The quantitative estimate of drug-likeness (QED) is 0.572. The predicted molar refractivity (Wildman–Crippen MR) is 66.0 cm³/mol. The van der Waals surface area contributed by atoms with Gasteiger partial charge in [-0.1, -0.05) is 26.7 Å². The number of hydrogen-bond donors (Lipinski definition) is 1. The number of rotatable bonds is 4. The summed E-state index contributed by atoms with van der Waals surface area (Å²) in [5.41, 5.74) is 5.98. The molecule has 0 radical (unpaired) electrons. The molecule has 3 heteroatoms. The van der Waals surface area contributed by atoms with Gasteiger partial charge >= 0.3 is 0 Å². The number of piperidine rings is 1. The van der Waals surface area contributed by atoms with E-state index in [-0.39, 0.29) is 0 Å². The van der Waals surface area contributed by atoms with Crippen molar-refractivity contribution in [1.82, 2.24) is 4.90 Å². The number of aliphatic imine (C=N–C) groups is 1. The summed E-state index contributed by atoms with van der Waals surface area (Å²) >= 11 is 0. The predicted octanol–water partition coefficient (Wildman–Crippen LogP) is 2.22. The molecule has 1 fully saturated rings. The van der Waals surface area contributed by atoms with Crippen LogP contribution in [-0.2, 0) is 0 Å². The van der Waals surface area contributed by atoms with E-state index < -0.39 is 0 Å². The monoisotopic (exact) mass is 211 g/mol. The van der Waals surface area contributed by atoms with Crippen molar-refractivity contribution in [3.63, 3.8) is 0 Å². The van der Waals surface area contributed by atoms with Crippen LogP contribution in [0.5, 0.6) is 0 Å². The molecular formula is C12H25N3. The number of nitrogens with zero attached hydrogens (tertiary/aromatic N) is 2. The Morgan fingerprint density at radius 3 is 2.33 bits per heavy atom. The molecule has 1 rings (SSSR count). The van der Waals surface area contributed by atoms with Crippen molar-refractivity contribution in [1.29, 1.82) is 0 Å². The maximum absolute atomic E-state index is 5.98. The maximum atomic E-state index is 5.98. The lowest BCUT2D eigenvalue weighted by Crippen LogP contribution is -2.41. The fourth-order valence-corrected chi connectivity index (χ4v) is 1.99. The highest BCUT2D eigenvalue weighted by Gasteiger charge is 2.12. The average Bonchev–Trinajstić information content (AvgIpc) is 2.31. The van der Waals surface area contributed by atoms with Gasteiger partial charge in [0, 0.05) is 19.6 Å². The number of likely N-dealkylation sites (tertiary alicyclic amines) is 1. The Hall–Kier alpha value is -0.730. The van der Waals surface area contributed by atoms with Crippen molar-refractivity contribution < 1.29 is 0 Å². The van der Waals surface area contributed by atoms with Gasteiger partial charge in [0.15, 0.2) is 5.96 Å². The summed E-state index contributed by atoms with van der Waals surface area (Å²) in [6, 6.07) is 0. The third kappa shape index (κ3) is 4.10. The summed E-state index contributed by atoms with van der Waals surface area (Å²) in [7, 11) is 0. The van der Waals surface area contributed by atoms with E-state index in [2.05, 4.69) is 23.7 Å². The van der Waals surface area contributed by atoms with Gasteiger partial charge < -0.3 is 10.6 Å². The molecule has 88 valence electrons. The molecule has 0 aromatic carbocycles. The highest BCUT2D eigenvalue weighted by molar-refractivity contribution is 5.78. The lowest BCUT2D eigenvalue weighted by atomic mass is 10.0. The van der Waals surface area contributed by atoms with Gasteiger partial charge in [-0.2, -0.15) is 0 Å². The van der Waals surface area contributed by atoms with Gasteiger partial charge in [-0.05, 0) is 25.2 Å². The number of guanidine groups is 1.